The average molecular weight is 437 g/mol. The molecule has 0 fully saturated rings. The van der Waals surface area contributed by atoms with Crippen LogP contribution < -0.4 is 0 Å². The van der Waals surface area contributed by atoms with Crippen molar-refractivity contribution in [2.24, 2.45) is 0 Å². The number of amides is 2. The van der Waals surface area contributed by atoms with Crippen LogP contribution in [0.15, 0.2) is 47.4 Å². The molecule has 1 heterocycles. The highest BCUT2D eigenvalue weighted by Crippen LogP contribution is 2.27. The molecule has 2 aromatic carbocycles. The number of fused-ring (bicyclic) bond motifs is 1. The molecule has 2 aromatic rings. The van der Waals surface area contributed by atoms with E-state index in [-0.39, 0.29) is 39.7 Å². The van der Waals surface area contributed by atoms with Gasteiger partial charge in [-0.1, -0.05) is 42.6 Å². The number of rotatable bonds is 6. The molecule has 0 saturated heterocycles. The fourth-order valence-corrected chi connectivity index (χ4v) is 4.87. The maximum atomic E-state index is 12.8. The summed E-state index contributed by atoms with van der Waals surface area (Å²) >= 11 is 6.04. The van der Waals surface area contributed by atoms with Crippen LogP contribution in [-0.2, 0) is 14.9 Å². The van der Waals surface area contributed by atoms with Crippen molar-refractivity contribution in [1.82, 2.24) is 9.37 Å². The minimum atomic E-state index is -3.93. The quantitative estimate of drug-likeness (QED) is 0.645. The highest BCUT2D eigenvalue weighted by atomic mass is 35.5. The molecule has 2 amide bonds. The van der Waals surface area contributed by atoms with E-state index in [1.54, 1.807) is 26.0 Å². The lowest BCUT2D eigenvalue weighted by Crippen LogP contribution is -2.33. The Labute approximate surface area is 172 Å². The Balaban J connectivity index is 1.90. The normalized spacial score (nSPS) is 13.7. The summed E-state index contributed by atoms with van der Waals surface area (Å²) in [6, 6.07) is 9.62. The van der Waals surface area contributed by atoms with E-state index < -0.39 is 27.8 Å². The van der Waals surface area contributed by atoms with Crippen LogP contribution in [0, 0.1) is 0 Å². The number of halogens is 1. The molecule has 0 unspecified atom stereocenters. The van der Waals surface area contributed by atoms with Gasteiger partial charge in [0.25, 0.3) is 11.8 Å². The second kappa shape index (κ2) is 7.94. The van der Waals surface area contributed by atoms with Gasteiger partial charge >= 0.3 is 5.97 Å². The summed E-state index contributed by atoms with van der Waals surface area (Å²) in [7, 11) is -3.93. The fourth-order valence-electron chi connectivity index (χ4n) is 2.92. The summed E-state index contributed by atoms with van der Waals surface area (Å²) in [5.41, 5.74) is 0.0640. The number of imide groups is 1. The van der Waals surface area contributed by atoms with Gasteiger partial charge < -0.3 is 4.84 Å². The lowest BCUT2D eigenvalue weighted by atomic mass is 10.1. The Bertz CT molecular complexity index is 1080. The van der Waals surface area contributed by atoms with Crippen molar-refractivity contribution in [2.75, 3.05) is 13.1 Å². The van der Waals surface area contributed by atoms with E-state index in [4.69, 9.17) is 16.4 Å². The number of carbonyl (C=O) groups is 3. The van der Waals surface area contributed by atoms with E-state index in [0.29, 0.717) is 5.06 Å². The van der Waals surface area contributed by atoms with Gasteiger partial charge in [-0.2, -0.15) is 4.31 Å². The van der Waals surface area contributed by atoms with Gasteiger partial charge in [0.05, 0.1) is 21.7 Å². The zero-order valence-electron chi connectivity index (χ0n) is 15.6. The first-order chi connectivity index (χ1) is 13.7. The smallest absolute Gasteiger partial charge is 0.324 e. The van der Waals surface area contributed by atoms with Crippen molar-refractivity contribution in [3.05, 3.63) is 64.2 Å². The van der Waals surface area contributed by atoms with E-state index in [0.717, 1.165) is 6.07 Å². The van der Waals surface area contributed by atoms with Crippen molar-refractivity contribution in [3.63, 3.8) is 0 Å². The Morgan fingerprint density at radius 3 is 2.10 bits per heavy atom. The van der Waals surface area contributed by atoms with Gasteiger partial charge in [0.15, 0.2) is 0 Å². The number of carbonyl (C=O) groups excluding carboxylic acids is 3. The van der Waals surface area contributed by atoms with E-state index in [2.05, 4.69) is 0 Å². The minimum Gasteiger partial charge on any atom is -0.324 e. The van der Waals surface area contributed by atoms with Gasteiger partial charge in [-0.05, 0) is 30.3 Å². The van der Waals surface area contributed by atoms with Gasteiger partial charge in [0.1, 0.15) is 4.90 Å². The van der Waals surface area contributed by atoms with Gasteiger partial charge in [-0.3, -0.25) is 9.59 Å². The Kier molecular flexibility index (Phi) is 5.74. The third-order valence-corrected chi connectivity index (χ3v) is 6.95. The number of benzene rings is 2. The third-order valence-electron chi connectivity index (χ3n) is 4.42. The molecule has 1 aliphatic rings. The highest BCUT2D eigenvalue weighted by molar-refractivity contribution is 7.89. The minimum absolute atomic E-state index is 0.0609. The first-order valence-corrected chi connectivity index (χ1v) is 10.5. The first-order valence-electron chi connectivity index (χ1n) is 8.72. The number of sulfonamides is 1. The van der Waals surface area contributed by atoms with E-state index in [9.17, 15) is 22.8 Å². The molecule has 8 nitrogen and oxygen atoms in total. The molecule has 1 aliphatic heterocycles. The first kappa shape index (κ1) is 21.0. The van der Waals surface area contributed by atoms with Crippen molar-refractivity contribution in [3.8, 4) is 0 Å². The molecule has 0 saturated carbocycles. The molecule has 0 spiro atoms. The largest absolute Gasteiger partial charge is 0.363 e. The molecule has 0 radical (unpaired) electrons. The Morgan fingerprint density at radius 2 is 1.59 bits per heavy atom. The summed E-state index contributed by atoms with van der Waals surface area (Å²) in [6.07, 6.45) is 0. The topological polar surface area (TPSA) is 101 Å². The standard InChI is InChI=1S/C19H17ClN2O6S/c1-3-21(4-2)29(26,27)16-11-12(9-10-15(16)20)19(25)28-22-17(23)13-7-5-6-8-14(13)18(22)24/h5-11H,3-4H2,1-2H3. The average Bonchev–Trinajstić information content (AvgIpc) is 2.94. The third kappa shape index (κ3) is 3.64. The maximum Gasteiger partial charge on any atom is 0.363 e. The van der Waals surface area contributed by atoms with E-state index in [1.807, 2.05) is 0 Å². The van der Waals surface area contributed by atoms with Gasteiger partial charge in [-0.25, -0.2) is 13.2 Å². The second-order valence-electron chi connectivity index (χ2n) is 6.06. The number of hydroxylamine groups is 2. The lowest BCUT2D eigenvalue weighted by Gasteiger charge is -2.19. The number of nitrogens with zero attached hydrogens (tertiary/aromatic N) is 2. The van der Waals surface area contributed by atoms with Crippen molar-refractivity contribution in [2.45, 2.75) is 18.7 Å². The molecule has 0 atom stereocenters. The lowest BCUT2D eigenvalue weighted by molar-refractivity contribution is -0.0584. The Morgan fingerprint density at radius 1 is 1.03 bits per heavy atom. The summed E-state index contributed by atoms with van der Waals surface area (Å²) in [5.74, 6) is -2.61. The maximum absolute atomic E-state index is 12.8. The van der Waals surface area contributed by atoms with Crippen LogP contribution in [-0.4, -0.2) is 48.7 Å². The summed E-state index contributed by atoms with van der Waals surface area (Å²) in [5, 5.41) is 0.300. The molecular formula is C19H17ClN2O6S. The SMILES string of the molecule is CCN(CC)S(=O)(=O)c1cc(C(=O)ON2C(=O)c3ccccc3C2=O)ccc1Cl. The molecule has 152 valence electrons. The van der Waals surface area contributed by atoms with Crippen LogP contribution in [0.25, 0.3) is 0 Å². The van der Waals surface area contributed by atoms with Crippen LogP contribution in [0.2, 0.25) is 5.02 Å². The van der Waals surface area contributed by atoms with Crippen molar-refractivity contribution in [1.29, 1.82) is 0 Å². The van der Waals surface area contributed by atoms with Crippen LogP contribution in [0.5, 0.6) is 0 Å². The fraction of sp³-hybridized carbons (Fsp3) is 0.211. The van der Waals surface area contributed by atoms with E-state index >= 15 is 0 Å². The van der Waals surface area contributed by atoms with Gasteiger partial charge in [0, 0.05) is 13.1 Å². The molecule has 0 aromatic heterocycles. The van der Waals surface area contributed by atoms with Crippen LogP contribution >= 0.6 is 11.6 Å². The molecular weight excluding hydrogens is 420 g/mol. The molecule has 29 heavy (non-hydrogen) atoms. The zero-order valence-corrected chi connectivity index (χ0v) is 17.2. The summed E-state index contributed by atoms with van der Waals surface area (Å²) in [4.78, 5) is 41.9. The van der Waals surface area contributed by atoms with Crippen LogP contribution in [0.1, 0.15) is 44.9 Å². The predicted molar refractivity (Wildman–Crippen MR) is 104 cm³/mol. The van der Waals surface area contributed by atoms with Crippen molar-refractivity contribution < 1.29 is 27.6 Å². The molecule has 0 bridgehead atoms. The second-order valence-corrected chi connectivity index (χ2v) is 8.38. The summed E-state index contributed by atoms with van der Waals surface area (Å²) < 4.78 is 26.7. The highest BCUT2D eigenvalue weighted by Gasteiger charge is 2.39. The van der Waals surface area contributed by atoms with Crippen molar-refractivity contribution >= 4 is 39.4 Å². The molecule has 0 aliphatic carbocycles. The molecule has 3 rings (SSSR count). The van der Waals surface area contributed by atoms with E-state index in [1.165, 1.54) is 28.6 Å². The number of hydrogen-bond acceptors (Lipinski definition) is 6. The van der Waals surface area contributed by atoms with Gasteiger partial charge in [-0.15, -0.1) is 0 Å². The van der Waals surface area contributed by atoms with Crippen LogP contribution in [0.4, 0.5) is 0 Å². The number of hydrogen-bond donors (Lipinski definition) is 0. The van der Waals surface area contributed by atoms with Crippen LogP contribution in [0.3, 0.4) is 0 Å². The van der Waals surface area contributed by atoms with Gasteiger partial charge in [0.2, 0.25) is 10.0 Å². The Hall–Kier alpha value is -2.75. The zero-order chi connectivity index (χ0) is 21.3. The summed E-state index contributed by atoms with van der Waals surface area (Å²) in [6.45, 7) is 3.79. The molecule has 0 N–H and O–H groups in total. The molecule has 10 heteroatoms. The predicted octanol–water partition coefficient (Wildman–Crippen LogP) is 2.74. The monoisotopic (exact) mass is 436 g/mol.